The molecule has 4 rings (SSSR count). The third-order valence-electron chi connectivity index (χ3n) is 4.83. The van der Waals surface area contributed by atoms with Crippen LogP contribution in [0.4, 0.5) is 5.69 Å². The van der Waals surface area contributed by atoms with Crippen molar-refractivity contribution in [3.8, 4) is 5.75 Å². The fraction of sp³-hybridized carbons (Fsp3) is 0.278. The molecular weight excluding hydrogens is 328 g/mol. The molecule has 24 heavy (non-hydrogen) atoms. The lowest BCUT2D eigenvalue weighted by Gasteiger charge is -2.45. The standard InChI is InChI=1S/C18H17ClN2O3/c1-20-15-7-6-12(19)10-14(15)18-13-4-2-3-5-16(13)24-9-8-21(18,23)11-17(20)22/h2-7,10,18H,8-9,11H2,1H3. The molecule has 2 aliphatic heterocycles. The molecule has 2 aliphatic rings. The lowest BCUT2D eigenvalue weighted by Crippen LogP contribution is -2.50. The van der Waals surface area contributed by atoms with E-state index in [1.54, 1.807) is 30.1 Å². The molecule has 124 valence electrons. The molecule has 0 saturated heterocycles. The Balaban J connectivity index is 2.03. The van der Waals surface area contributed by atoms with Crippen molar-refractivity contribution in [2.45, 2.75) is 6.04 Å². The van der Waals surface area contributed by atoms with Gasteiger partial charge in [-0.25, -0.2) is 0 Å². The van der Waals surface area contributed by atoms with Gasteiger partial charge < -0.3 is 19.5 Å². The monoisotopic (exact) mass is 344 g/mol. The van der Waals surface area contributed by atoms with Crippen LogP contribution in [-0.4, -0.2) is 37.3 Å². The fourth-order valence-electron chi connectivity index (χ4n) is 3.64. The summed E-state index contributed by atoms with van der Waals surface area (Å²) in [5, 5.41) is 14.3. The average Bonchev–Trinajstić information content (AvgIpc) is 2.73. The first-order chi connectivity index (χ1) is 11.5. The van der Waals surface area contributed by atoms with E-state index >= 15 is 0 Å². The topological polar surface area (TPSA) is 52.6 Å². The van der Waals surface area contributed by atoms with Gasteiger partial charge in [-0.1, -0.05) is 23.7 Å². The number of fused-ring (bicyclic) bond motifs is 5. The number of likely N-dealkylation sites (N-methyl/N-ethyl adjacent to an activating group) is 1. The number of rotatable bonds is 0. The fourth-order valence-corrected chi connectivity index (χ4v) is 3.82. The van der Waals surface area contributed by atoms with Gasteiger partial charge in [-0.3, -0.25) is 4.79 Å². The quantitative estimate of drug-likeness (QED) is 0.545. The molecule has 0 aliphatic carbocycles. The van der Waals surface area contributed by atoms with Crippen molar-refractivity contribution in [1.29, 1.82) is 0 Å². The van der Waals surface area contributed by atoms with Crippen molar-refractivity contribution in [2.24, 2.45) is 0 Å². The molecule has 2 unspecified atom stereocenters. The van der Waals surface area contributed by atoms with Crippen LogP contribution in [0, 0.1) is 5.21 Å². The van der Waals surface area contributed by atoms with E-state index in [2.05, 4.69) is 0 Å². The van der Waals surface area contributed by atoms with Gasteiger partial charge in [0.2, 0.25) is 0 Å². The number of anilines is 1. The molecule has 0 spiro atoms. The molecule has 6 heteroatoms. The van der Waals surface area contributed by atoms with Crippen molar-refractivity contribution in [1.82, 2.24) is 0 Å². The molecule has 2 aromatic carbocycles. The molecule has 0 saturated carbocycles. The predicted molar refractivity (Wildman–Crippen MR) is 92.0 cm³/mol. The Morgan fingerprint density at radius 1 is 1.25 bits per heavy atom. The number of hydroxylamine groups is 3. The van der Waals surface area contributed by atoms with Crippen LogP contribution < -0.4 is 9.64 Å². The van der Waals surface area contributed by atoms with Crippen LogP contribution in [0.5, 0.6) is 5.75 Å². The minimum atomic E-state index is -0.659. The number of amides is 1. The Morgan fingerprint density at radius 3 is 2.88 bits per heavy atom. The van der Waals surface area contributed by atoms with Gasteiger partial charge in [-0.15, -0.1) is 0 Å². The summed E-state index contributed by atoms with van der Waals surface area (Å²) in [6.07, 6.45) is 0. The van der Waals surface area contributed by atoms with E-state index < -0.39 is 10.7 Å². The molecule has 0 radical (unpaired) electrons. The number of benzene rings is 2. The van der Waals surface area contributed by atoms with E-state index in [0.29, 0.717) is 10.8 Å². The molecule has 5 nitrogen and oxygen atoms in total. The zero-order valence-electron chi connectivity index (χ0n) is 13.2. The lowest BCUT2D eigenvalue weighted by atomic mass is 9.95. The first-order valence-electron chi connectivity index (χ1n) is 7.85. The number of ether oxygens (including phenoxy) is 1. The van der Waals surface area contributed by atoms with Crippen LogP contribution in [0.2, 0.25) is 5.02 Å². The number of hydrogen-bond donors (Lipinski definition) is 0. The minimum absolute atomic E-state index is 0.120. The second-order valence-electron chi connectivity index (χ2n) is 6.28. The third-order valence-corrected chi connectivity index (χ3v) is 5.07. The normalized spacial score (nSPS) is 25.7. The van der Waals surface area contributed by atoms with E-state index in [1.807, 2.05) is 24.3 Å². The number of para-hydroxylation sites is 1. The first kappa shape index (κ1) is 15.4. The highest BCUT2D eigenvalue weighted by atomic mass is 35.5. The molecule has 0 aromatic heterocycles. The second kappa shape index (κ2) is 5.48. The number of carbonyl (C=O) groups excluding carboxylic acids is 1. The number of halogens is 1. The molecule has 2 aromatic rings. The van der Waals surface area contributed by atoms with Crippen LogP contribution >= 0.6 is 11.6 Å². The van der Waals surface area contributed by atoms with Crippen LogP contribution in [0.3, 0.4) is 0 Å². The molecule has 0 N–H and O–H groups in total. The summed E-state index contributed by atoms with van der Waals surface area (Å²) in [4.78, 5) is 14.1. The van der Waals surface area contributed by atoms with Gasteiger partial charge in [0.1, 0.15) is 24.9 Å². The highest BCUT2D eigenvalue weighted by Crippen LogP contribution is 2.46. The zero-order chi connectivity index (χ0) is 16.9. The van der Waals surface area contributed by atoms with Gasteiger partial charge in [-0.05, 0) is 30.3 Å². The van der Waals surface area contributed by atoms with Gasteiger partial charge in [0, 0.05) is 17.6 Å². The smallest absolute Gasteiger partial charge is 0.282 e. The second-order valence-corrected chi connectivity index (χ2v) is 6.72. The molecule has 1 amide bonds. The maximum atomic E-state index is 13.7. The first-order valence-corrected chi connectivity index (χ1v) is 8.23. The maximum absolute atomic E-state index is 13.7. The highest BCUT2D eigenvalue weighted by Gasteiger charge is 2.43. The summed E-state index contributed by atoms with van der Waals surface area (Å²) in [7, 11) is 1.70. The van der Waals surface area contributed by atoms with E-state index in [1.165, 1.54) is 0 Å². The lowest BCUT2D eigenvalue weighted by molar-refractivity contribution is -0.896. The van der Waals surface area contributed by atoms with Crippen LogP contribution in [0.1, 0.15) is 17.2 Å². The van der Waals surface area contributed by atoms with Crippen molar-refractivity contribution in [3.05, 3.63) is 63.8 Å². The maximum Gasteiger partial charge on any atom is 0.282 e. The van der Waals surface area contributed by atoms with E-state index in [-0.39, 0.29) is 25.6 Å². The van der Waals surface area contributed by atoms with Gasteiger partial charge in [-0.2, -0.15) is 0 Å². The van der Waals surface area contributed by atoms with E-state index in [4.69, 9.17) is 16.3 Å². The van der Waals surface area contributed by atoms with Gasteiger partial charge >= 0.3 is 0 Å². The van der Waals surface area contributed by atoms with Crippen molar-refractivity contribution < 1.29 is 14.2 Å². The largest absolute Gasteiger partial charge is 0.632 e. The molecule has 0 fully saturated rings. The average molecular weight is 345 g/mol. The summed E-state index contributed by atoms with van der Waals surface area (Å²) >= 11 is 6.21. The summed E-state index contributed by atoms with van der Waals surface area (Å²) in [6.45, 7) is 0.375. The van der Waals surface area contributed by atoms with Crippen LogP contribution in [-0.2, 0) is 4.79 Å². The summed E-state index contributed by atoms with van der Waals surface area (Å²) < 4.78 is 5.12. The zero-order valence-corrected chi connectivity index (χ0v) is 14.0. The number of quaternary nitrogens is 1. The van der Waals surface area contributed by atoms with Gasteiger partial charge in [0.15, 0.2) is 6.54 Å². The molecular formula is C18H17ClN2O3. The summed E-state index contributed by atoms with van der Waals surface area (Å²) in [5.74, 6) is 0.497. The van der Waals surface area contributed by atoms with Crippen molar-refractivity contribution in [2.75, 3.05) is 31.6 Å². The number of nitrogens with zero attached hydrogens (tertiary/aromatic N) is 2. The van der Waals surface area contributed by atoms with E-state index in [9.17, 15) is 10.0 Å². The SMILES string of the molecule is CN1C(=O)C[N+]2([O-])CCOc3ccccc3C2c2cc(Cl)ccc21. The predicted octanol–water partition coefficient (Wildman–Crippen LogP) is 3.11. The summed E-state index contributed by atoms with van der Waals surface area (Å²) in [6, 6.07) is 12.3. The summed E-state index contributed by atoms with van der Waals surface area (Å²) in [5.41, 5.74) is 2.29. The minimum Gasteiger partial charge on any atom is -0.632 e. The van der Waals surface area contributed by atoms with E-state index in [0.717, 1.165) is 16.8 Å². The Kier molecular flexibility index (Phi) is 3.53. The van der Waals surface area contributed by atoms with Crippen molar-refractivity contribution >= 4 is 23.2 Å². The molecule has 0 bridgehead atoms. The van der Waals surface area contributed by atoms with Gasteiger partial charge in [0.25, 0.3) is 5.91 Å². The van der Waals surface area contributed by atoms with Crippen LogP contribution in [0.25, 0.3) is 0 Å². The van der Waals surface area contributed by atoms with Crippen LogP contribution in [0.15, 0.2) is 42.5 Å². The number of carbonyl (C=O) groups is 1. The third kappa shape index (κ3) is 2.28. The van der Waals surface area contributed by atoms with Crippen molar-refractivity contribution in [3.63, 3.8) is 0 Å². The molecule has 2 heterocycles. The molecule has 2 atom stereocenters. The highest BCUT2D eigenvalue weighted by molar-refractivity contribution is 6.30. The number of hydrogen-bond acceptors (Lipinski definition) is 3. The Morgan fingerprint density at radius 2 is 2.04 bits per heavy atom. The Hall–Kier alpha value is -2.08. The Bertz CT molecular complexity index is 826. The Labute approximate surface area is 145 Å². The van der Waals surface area contributed by atoms with Gasteiger partial charge in [0.05, 0.1) is 11.3 Å².